The van der Waals surface area contributed by atoms with Crippen LogP contribution in [0.5, 0.6) is 5.88 Å². The van der Waals surface area contributed by atoms with Crippen LogP contribution in [0.15, 0.2) is 48.7 Å². The van der Waals surface area contributed by atoms with E-state index < -0.39 is 11.9 Å². The first-order valence-electron chi connectivity index (χ1n) is 5.13. The Hall–Kier alpha value is -2.69. The number of carboxylic acid groups (broad SMARTS) is 1. The number of pyridine rings is 1. The number of hydrogen-bond acceptors (Lipinski definition) is 4. The second kappa shape index (κ2) is 5.09. The Morgan fingerprint density at radius 1 is 1.06 bits per heavy atom. The summed E-state index contributed by atoms with van der Waals surface area (Å²) in [4.78, 5) is 26.2. The molecule has 0 amide bonds. The number of aromatic carboxylic acids is 1. The number of ether oxygens (including phenoxy) is 1. The number of carboxylic acids is 1. The number of esters is 1. The topological polar surface area (TPSA) is 76.5 Å². The summed E-state index contributed by atoms with van der Waals surface area (Å²) in [5, 5.41) is 8.79. The molecule has 5 nitrogen and oxygen atoms in total. The number of carbonyl (C=O) groups is 2. The molecule has 0 unspecified atom stereocenters. The minimum absolute atomic E-state index is 0.0147. The maximum atomic E-state index is 11.7. The van der Waals surface area contributed by atoms with Crippen molar-refractivity contribution < 1.29 is 19.4 Å². The first-order valence-corrected chi connectivity index (χ1v) is 5.13. The predicted octanol–water partition coefficient (Wildman–Crippen LogP) is 2.00. The van der Waals surface area contributed by atoms with E-state index >= 15 is 0 Å². The van der Waals surface area contributed by atoms with E-state index in [0.29, 0.717) is 5.56 Å². The quantitative estimate of drug-likeness (QED) is 0.834. The van der Waals surface area contributed by atoms with Gasteiger partial charge in [0.1, 0.15) is 0 Å². The molecule has 1 heterocycles. The van der Waals surface area contributed by atoms with Gasteiger partial charge in [-0.05, 0) is 18.2 Å². The molecule has 0 atom stereocenters. The molecule has 0 fully saturated rings. The maximum Gasteiger partial charge on any atom is 0.344 e. The van der Waals surface area contributed by atoms with E-state index in [1.807, 2.05) is 0 Å². The third-order valence-electron chi connectivity index (χ3n) is 2.19. The summed E-state index contributed by atoms with van der Waals surface area (Å²) in [6.45, 7) is 0. The molecule has 0 bridgehead atoms. The smallest absolute Gasteiger partial charge is 0.344 e. The molecule has 1 N–H and O–H groups in total. The number of hydrogen-bond donors (Lipinski definition) is 1. The highest BCUT2D eigenvalue weighted by Crippen LogP contribution is 2.11. The average molecular weight is 243 g/mol. The van der Waals surface area contributed by atoms with Crippen molar-refractivity contribution in [2.75, 3.05) is 0 Å². The molecule has 5 heteroatoms. The molecule has 2 rings (SSSR count). The van der Waals surface area contributed by atoms with Crippen LogP contribution in [-0.2, 0) is 0 Å². The van der Waals surface area contributed by atoms with Crippen molar-refractivity contribution in [3.05, 3.63) is 59.8 Å². The van der Waals surface area contributed by atoms with Gasteiger partial charge in [0.15, 0.2) is 0 Å². The van der Waals surface area contributed by atoms with Crippen LogP contribution in [0.1, 0.15) is 20.7 Å². The Morgan fingerprint density at radius 2 is 1.78 bits per heavy atom. The standard InChI is InChI=1S/C13H9NO4/c15-12(16)10-6-7-14-11(8-10)18-13(17)9-4-2-1-3-5-9/h1-8H,(H,15,16). The lowest BCUT2D eigenvalue weighted by molar-refractivity contribution is 0.0685. The second-order valence-electron chi connectivity index (χ2n) is 3.44. The van der Waals surface area contributed by atoms with Gasteiger partial charge in [-0.2, -0.15) is 0 Å². The van der Waals surface area contributed by atoms with Crippen molar-refractivity contribution in [1.29, 1.82) is 0 Å². The van der Waals surface area contributed by atoms with E-state index in [9.17, 15) is 9.59 Å². The lowest BCUT2D eigenvalue weighted by Gasteiger charge is -2.03. The molecule has 0 radical (unpaired) electrons. The summed E-state index contributed by atoms with van der Waals surface area (Å²) in [5.41, 5.74) is 0.390. The number of carbonyl (C=O) groups excluding carboxylic acids is 1. The van der Waals surface area contributed by atoms with E-state index in [2.05, 4.69) is 4.98 Å². The molecule has 2 aromatic rings. The molecule has 90 valence electrons. The molecule has 0 spiro atoms. The minimum atomic E-state index is -1.10. The highest BCUT2D eigenvalue weighted by molar-refractivity contribution is 5.91. The zero-order valence-corrected chi connectivity index (χ0v) is 9.24. The highest BCUT2D eigenvalue weighted by atomic mass is 16.5. The molecule has 0 saturated carbocycles. The fourth-order valence-corrected chi connectivity index (χ4v) is 1.33. The van der Waals surface area contributed by atoms with Crippen molar-refractivity contribution in [2.45, 2.75) is 0 Å². The third kappa shape index (κ3) is 2.70. The Labute approximate surface area is 103 Å². The Morgan fingerprint density at radius 3 is 2.44 bits per heavy atom. The van der Waals surface area contributed by atoms with Crippen LogP contribution in [0.25, 0.3) is 0 Å². The van der Waals surface area contributed by atoms with Crippen molar-refractivity contribution in [1.82, 2.24) is 4.98 Å². The van der Waals surface area contributed by atoms with Crippen molar-refractivity contribution >= 4 is 11.9 Å². The fraction of sp³-hybridized carbons (Fsp3) is 0. The lowest BCUT2D eigenvalue weighted by atomic mass is 10.2. The van der Waals surface area contributed by atoms with Gasteiger partial charge in [0.2, 0.25) is 5.88 Å². The minimum Gasteiger partial charge on any atom is -0.478 e. The van der Waals surface area contributed by atoms with E-state index in [1.54, 1.807) is 30.3 Å². The lowest BCUT2D eigenvalue weighted by Crippen LogP contribution is -2.09. The summed E-state index contributed by atoms with van der Waals surface area (Å²) >= 11 is 0. The van der Waals surface area contributed by atoms with Crippen molar-refractivity contribution in [2.24, 2.45) is 0 Å². The van der Waals surface area contributed by atoms with Gasteiger partial charge in [0, 0.05) is 12.3 Å². The monoisotopic (exact) mass is 243 g/mol. The summed E-state index contributed by atoms with van der Waals surface area (Å²) in [6.07, 6.45) is 1.27. The molecule has 18 heavy (non-hydrogen) atoms. The number of aromatic nitrogens is 1. The summed E-state index contributed by atoms with van der Waals surface area (Å²) < 4.78 is 4.98. The van der Waals surface area contributed by atoms with Crippen LogP contribution < -0.4 is 4.74 Å². The SMILES string of the molecule is O=C(O)c1ccnc(OC(=O)c2ccccc2)c1. The Bertz CT molecular complexity index is 581. The van der Waals surface area contributed by atoms with Gasteiger partial charge in [-0.25, -0.2) is 14.6 Å². The van der Waals surface area contributed by atoms with Gasteiger partial charge in [-0.15, -0.1) is 0 Å². The van der Waals surface area contributed by atoms with Gasteiger partial charge >= 0.3 is 11.9 Å². The van der Waals surface area contributed by atoms with E-state index in [4.69, 9.17) is 9.84 Å². The highest BCUT2D eigenvalue weighted by Gasteiger charge is 2.10. The van der Waals surface area contributed by atoms with E-state index in [-0.39, 0.29) is 11.4 Å². The summed E-state index contributed by atoms with van der Waals surface area (Å²) in [6, 6.07) is 10.9. The first-order chi connectivity index (χ1) is 8.66. The third-order valence-corrected chi connectivity index (χ3v) is 2.19. The van der Waals surface area contributed by atoms with Crippen molar-refractivity contribution in [3.63, 3.8) is 0 Å². The number of benzene rings is 1. The summed E-state index contributed by atoms with van der Waals surface area (Å²) in [5.74, 6) is -1.72. The number of nitrogens with zero attached hydrogens (tertiary/aromatic N) is 1. The average Bonchev–Trinajstić information content (AvgIpc) is 2.40. The molecule has 0 saturated heterocycles. The fourth-order valence-electron chi connectivity index (χ4n) is 1.33. The van der Waals surface area contributed by atoms with Crippen LogP contribution in [0.4, 0.5) is 0 Å². The summed E-state index contributed by atoms with van der Waals surface area (Å²) in [7, 11) is 0. The van der Waals surface area contributed by atoms with Crippen LogP contribution in [-0.4, -0.2) is 22.0 Å². The van der Waals surface area contributed by atoms with Crippen LogP contribution in [0.3, 0.4) is 0 Å². The van der Waals surface area contributed by atoms with Crippen LogP contribution in [0.2, 0.25) is 0 Å². The van der Waals surface area contributed by atoms with Crippen LogP contribution >= 0.6 is 0 Å². The van der Waals surface area contributed by atoms with Gasteiger partial charge in [0.05, 0.1) is 11.1 Å². The zero-order valence-electron chi connectivity index (χ0n) is 9.24. The molecular weight excluding hydrogens is 234 g/mol. The predicted molar refractivity (Wildman–Crippen MR) is 62.6 cm³/mol. The normalized spacial score (nSPS) is 9.78. The Kier molecular flexibility index (Phi) is 3.33. The largest absolute Gasteiger partial charge is 0.478 e. The van der Waals surface area contributed by atoms with Gasteiger partial charge in [0.25, 0.3) is 0 Å². The molecule has 0 aliphatic heterocycles. The van der Waals surface area contributed by atoms with Gasteiger partial charge in [-0.3, -0.25) is 0 Å². The molecule has 0 aliphatic carbocycles. The second-order valence-corrected chi connectivity index (χ2v) is 3.44. The van der Waals surface area contributed by atoms with E-state index in [0.717, 1.165) is 0 Å². The first kappa shape index (κ1) is 11.8. The van der Waals surface area contributed by atoms with Crippen molar-refractivity contribution in [3.8, 4) is 5.88 Å². The maximum absolute atomic E-state index is 11.7. The Balaban J connectivity index is 2.17. The molecule has 0 aliphatic rings. The molecular formula is C13H9NO4. The van der Waals surface area contributed by atoms with Gasteiger partial charge < -0.3 is 9.84 Å². The zero-order chi connectivity index (χ0) is 13.0. The molecule has 1 aromatic heterocycles. The van der Waals surface area contributed by atoms with E-state index in [1.165, 1.54) is 18.3 Å². The van der Waals surface area contributed by atoms with Crippen LogP contribution in [0, 0.1) is 0 Å². The number of rotatable bonds is 3. The molecule has 1 aromatic carbocycles. The van der Waals surface area contributed by atoms with Gasteiger partial charge in [-0.1, -0.05) is 18.2 Å².